The minimum atomic E-state index is -1.35. The number of rotatable bonds is 8. The maximum atomic E-state index is 10.6. The minimum absolute atomic E-state index is 0.0337. The van der Waals surface area contributed by atoms with Gasteiger partial charge in [0.05, 0.1) is 19.3 Å². The summed E-state index contributed by atoms with van der Waals surface area (Å²) in [5, 5.41) is 20.3. The van der Waals surface area contributed by atoms with Gasteiger partial charge in [-0.25, -0.2) is 4.79 Å². The number of hydrogen-bond acceptors (Lipinski definition) is 5. The lowest BCUT2D eigenvalue weighted by Gasteiger charge is -2.34. The molecule has 1 saturated heterocycles. The van der Waals surface area contributed by atoms with Crippen molar-refractivity contribution in [3.8, 4) is 5.75 Å². The van der Waals surface area contributed by atoms with Gasteiger partial charge >= 0.3 is 6.16 Å². The van der Waals surface area contributed by atoms with Gasteiger partial charge in [-0.2, -0.15) is 0 Å². The number of β-amino-alcohol motifs (C(OH)–C–C–N with tert-alkyl or cyclic N) is 1. The number of hydrogen-bond donors (Lipinski definition) is 2. The molecule has 2 N–H and O–H groups in total. The number of unbranched alkanes of at least 4 members (excludes halogenated alkanes) is 1. The SMILES string of the molecule is O=C(O)ON1CCC(c2ccc(OCCCCc3ccccc3)cc2)C(O)C1. The maximum absolute atomic E-state index is 10.6. The number of nitrogens with zero attached hydrogens (tertiary/aromatic N) is 1. The number of carboxylic acid groups (broad SMARTS) is 1. The summed E-state index contributed by atoms with van der Waals surface area (Å²) >= 11 is 0. The predicted octanol–water partition coefficient (Wildman–Crippen LogP) is 3.85. The van der Waals surface area contributed by atoms with Gasteiger partial charge in [-0.05, 0) is 48.9 Å². The molecule has 6 heteroatoms. The maximum Gasteiger partial charge on any atom is 0.525 e. The molecule has 6 nitrogen and oxygen atoms in total. The van der Waals surface area contributed by atoms with Crippen LogP contribution < -0.4 is 4.74 Å². The highest BCUT2D eigenvalue weighted by Crippen LogP contribution is 2.29. The Balaban J connectivity index is 1.40. The molecule has 2 aromatic rings. The van der Waals surface area contributed by atoms with E-state index in [0.717, 1.165) is 30.6 Å². The van der Waals surface area contributed by atoms with Crippen LogP contribution in [-0.2, 0) is 11.3 Å². The first kappa shape index (κ1) is 20.2. The lowest BCUT2D eigenvalue weighted by atomic mass is 9.88. The molecule has 1 fully saturated rings. The normalized spacial score (nSPS) is 19.9. The number of hydroxylamine groups is 2. The zero-order valence-electron chi connectivity index (χ0n) is 15.9. The Hall–Kier alpha value is -2.57. The predicted molar refractivity (Wildman–Crippen MR) is 105 cm³/mol. The highest BCUT2D eigenvalue weighted by molar-refractivity contribution is 5.56. The van der Waals surface area contributed by atoms with Crippen LogP contribution in [0.2, 0.25) is 0 Å². The lowest BCUT2D eigenvalue weighted by Crippen LogP contribution is -2.43. The van der Waals surface area contributed by atoms with Crippen molar-refractivity contribution in [1.29, 1.82) is 0 Å². The van der Waals surface area contributed by atoms with Crippen LogP contribution in [0, 0.1) is 0 Å². The summed E-state index contributed by atoms with van der Waals surface area (Å²) < 4.78 is 5.82. The molecule has 1 aliphatic heterocycles. The number of ether oxygens (including phenoxy) is 1. The van der Waals surface area contributed by atoms with Gasteiger partial charge in [-0.1, -0.05) is 42.5 Å². The third-order valence-corrected chi connectivity index (χ3v) is 5.03. The number of aryl methyl sites for hydroxylation is 1. The van der Waals surface area contributed by atoms with Gasteiger partial charge < -0.3 is 19.8 Å². The van der Waals surface area contributed by atoms with Crippen molar-refractivity contribution in [3.63, 3.8) is 0 Å². The number of benzene rings is 2. The van der Waals surface area contributed by atoms with Crippen molar-refractivity contribution in [2.24, 2.45) is 0 Å². The third-order valence-electron chi connectivity index (χ3n) is 5.03. The summed E-state index contributed by atoms with van der Waals surface area (Å²) in [7, 11) is 0. The average Bonchev–Trinajstić information content (AvgIpc) is 2.69. The lowest BCUT2D eigenvalue weighted by molar-refractivity contribution is -0.154. The fraction of sp³-hybridized carbons (Fsp3) is 0.409. The molecule has 150 valence electrons. The molecule has 0 amide bonds. The smallest absolute Gasteiger partial charge is 0.494 e. The molecule has 1 heterocycles. The largest absolute Gasteiger partial charge is 0.525 e. The molecule has 0 aliphatic carbocycles. The van der Waals surface area contributed by atoms with E-state index in [4.69, 9.17) is 9.84 Å². The second-order valence-electron chi connectivity index (χ2n) is 7.07. The van der Waals surface area contributed by atoms with Gasteiger partial charge in [0.1, 0.15) is 5.75 Å². The molecule has 2 aromatic carbocycles. The van der Waals surface area contributed by atoms with Crippen LogP contribution in [0.4, 0.5) is 4.79 Å². The molecule has 3 rings (SSSR count). The van der Waals surface area contributed by atoms with Crippen molar-refractivity contribution in [2.45, 2.75) is 37.7 Å². The van der Waals surface area contributed by atoms with Crippen molar-refractivity contribution >= 4 is 6.16 Å². The molecule has 0 radical (unpaired) electrons. The van der Waals surface area contributed by atoms with Gasteiger partial charge in [0.15, 0.2) is 0 Å². The van der Waals surface area contributed by atoms with E-state index < -0.39 is 12.3 Å². The molecule has 1 aliphatic rings. The van der Waals surface area contributed by atoms with E-state index in [2.05, 4.69) is 29.1 Å². The van der Waals surface area contributed by atoms with Gasteiger partial charge in [0, 0.05) is 12.5 Å². The summed E-state index contributed by atoms with van der Waals surface area (Å²) in [5.74, 6) is 0.790. The van der Waals surface area contributed by atoms with E-state index in [-0.39, 0.29) is 12.5 Å². The van der Waals surface area contributed by atoms with Gasteiger partial charge in [0.25, 0.3) is 0 Å². The van der Waals surface area contributed by atoms with Crippen LogP contribution in [0.5, 0.6) is 5.75 Å². The van der Waals surface area contributed by atoms with Crippen LogP contribution in [-0.4, -0.2) is 47.2 Å². The minimum Gasteiger partial charge on any atom is -0.494 e. The van der Waals surface area contributed by atoms with E-state index in [1.54, 1.807) is 0 Å². The molecule has 2 atom stereocenters. The third kappa shape index (κ3) is 5.97. The fourth-order valence-corrected chi connectivity index (χ4v) is 3.56. The standard InChI is InChI=1S/C22H27NO5/c24-21-16-23(28-22(25)26)14-13-20(21)18-9-11-19(12-10-18)27-15-5-4-8-17-6-2-1-3-7-17/h1-3,6-7,9-12,20-21,24H,4-5,8,13-16H2,(H,25,26). The molecular weight excluding hydrogens is 358 g/mol. The average molecular weight is 385 g/mol. The number of aliphatic hydroxyl groups is 1. The Morgan fingerprint density at radius 2 is 1.82 bits per heavy atom. The highest BCUT2D eigenvalue weighted by Gasteiger charge is 2.30. The van der Waals surface area contributed by atoms with Crippen LogP contribution in [0.1, 0.15) is 36.3 Å². The van der Waals surface area contributed by atoms with E-state index in [1.807, 2.05) is 30.3 Å². The van der Waals surface area contributed by atoms with Crippen molar-refractivity contribution in [2.75, 3.05) is 19.7 Å². The van der Waals surface area contributed by atoms with E-state index >= 15 is 0 Å². The fourth-order valence-electron chi connectivity index (χ4n) is 3.56. The topological polar surface area (TPSA) is 79.2 Å². The molecule has 28 heavy (non-hydrogen) atoms. The summed E-state index contributed by atoms with van der Waals surface area (Å²) in [4.78, 5) is 15.2. The second kappa shape index (κ2) is 10.1. The monoisotopic (exact) mass is 385 g/mol. The zero-order valence-corrected chi connectivity index (χ0v) is 15.9. The Morgan fingerprint density at radius 1 is 1.07 bits per heavy atom. The van der Waals surface area contributed by atoms with Crippen LogP contribution in [0.15, 0.2) is 54.6 Å². The van der Waals surface area contributed by atoms with E-state index in [9.17, 15) is 9.90 Å². The molecule has 0 spiro atoms. The van der Waals surface area contributed by atoms with E-state index in [0.29, 0.717) is 19.6 Å². The molecular formula is C22H27NO5. The summed E-state index contributed by atoms with van der Waals surface area (Å²) in [6, 6.07) is 18.3. The summed E-state index contributed by atoms with van der Waals surface area (Å²) in [5.41, 5.74) is 2.38. The van der Waals surface area contributed by atoms with Crippen molar-refractivity contribution in [3.05, 3.63) is 65.7 Å². The summed E-state index contributed by atoms with van der Waals surface area (Å²) in [6.07, 6.45) is 1.76. The quantitative estimate of drug-likeness (QED) is 0.672. The van der Waals surface area contributed by atoms with E-state index in [1.165, 1.54) is 10.6 Å². The Morgan fingerprint density at radius 3 is 2.50 bits per heavy atom. The Kier molecular flexibility index (Phi) is 7.28. The van der Waals surface area contributed by atoms with Crippen LogP contribution >= 0.6 is 0 Å². The Bertz CT molecular complexity index is 734. The highest BCUT2D eigenvalue weighted by atomic mass is 16.8. The van der Waals surface area contributed by atoms with Crippen LogP contribution in [0.3, 0.4) is 0 Å². The molecule has 0 bridgehead atoms. The molecule has 0 aromatic heterocycles. The number of piperidine rings is 1. The van der Waals surface area contributed by atoms with Gasteiger partial charge in [-0.3, -0.25) is 0 Å². The summed E-state index contributed by atoms with van der Waals surface area (Å²) in [6.45, 7) is 1.32. The second-order valence-corrected chi connectivity index (χ2v) is 7.07. The Labute approximate surface area is 165 Å². The first-order valence-electron chi connectivity index (χ1n) is 9.72. The number of carbonyl (C=O) groups is 1. The molecule has 2 unspecified atom stereocenters. The van der Waals surface area contributed by atoms with Gasteiger partial charge in [0.2, 0.25) is 0 Å². The zero-order chi connectivity index (χ0) is 19.8. The first-order valence-corrected chi connectivity index (χ1v) is 9.72. The number of aliphatic hydroxyl groups excluding tert-OH is 1. The first-order chi connectivity index (χ1) is 13.6. The van der Waals surface area contributed by atoms with Crippen molar-refractivity contribution < 1.29 is 24.6 Å². The van der Waals surface area contributed by atoms with Crippen molar-refractivity contribution in [1.82, 2.24) is 5.06 Å². The van der Waals surface area contributed by atoms with Crippen LogP contribution in [0.25, 0.3) is 0 Å². The molecule has 0 saturated carbocycles. The van der Waals surface area contributed by atoms with Gasteiger partial charge in [-0.15, -0.1) is 5.06 Å².